The predicted molar refractivity (Wildman–Crippen MR) is 126 cm³/mol. The van der Waals surface area contributed by atoms with Crippen LogP contribution in [0.25, 0.3) is 10.9 Å². The topological polar surface area (TPSA) is 96.4 Å². The minimum Gasteiger partial charge on any atom is -0.464 e. The first kappa shape index (κ1) is 21.5. The number of amides is 1. The molecule has 2 aromatic heterocycles. The number of carbonyl (C=O) groups is 2. The number of pyridine rings is 1. The van der Waals surface area contributed by atoms with Gasteiger partial charge >= 0.3 is 5.97 Å². The van der Waals surface area contributed by atoms with Crippen molar-refractivity contribution in [2.24, 2.45) is 5.92 Å². The molecule has 3 atom stereocenters. The molecule has 0 spiro atoms. The van der Waals surface area contributed by atoms with Crippen LogP contribution in [0.15, 0.2) is 41.2 Å². The minimum atomic E-state index is -0.527. The number of nitrogens with one attached hydrogen (secondary N) is 2. The predicted octanol–water partition coefficient (Wildman–Crippen LogP) is 2.87. The molecule has 33 heavy (non-hydrogen) atoms. The number of rotatable bonds is 4. The number of aryl methyl sites for hydroxylation is 1. The van der Waals surface area contributed by atoms with Crippen LogP contribution in [0.2, 0.25) is 0 Å². The molecule has 2 bridgehead atoms. The second-order valence-electron chi connectivity index (χ2n) is 9.23. The lowest BCUT2D eigenvalue weighted by atomic mass is 9.82. The minimum absolute atomic E-state index is 0.0476. The smallest absolute Gasteiger partial charge is 0.356 e. The van der Waals surface area contributed by atoms with E-state index in [2.05, 4.69) is 15.2 Å². The quantitative estimate of drug-likeness (QED) is 0.599. The monoisotopic (exact) mass is 448 g/mol. The Morgan fingerprint density at radius 2 is 2.00 bits per heavy atom. The first-order valence-corrected chi connectivity index (χ1v) is 11.3. The number of hydrogen-bond donors (Lipinski definition) is 2. The number of aromatic nitrogens is 2. The molecule has 1 amide bonds. The third kappa shape index (κ3) is 3.74. The number of benzene rings is 1. The summed E-state index contributed by atoms with van der Waals surface area (Å²) in [5.41, 5.74) is 3.58. The van der Waals surface area contributed by atoms with Gasteiger partial charge in [0.05, 0.1) is 18.8 Å². The average Bonchev–Trinajstić information content (AvgIpc) is 3.16. The number of likely N-dealkylation sites (tertiary alicyclic amines) is 1. The summed E-state index contributed by atoms with van der Waals surface area (Å²) in [6.45, 7) is 6.01. The molecule has 172 valence electrons. The molecule has 0 unspecified atom stereocenters. The SMILES string of the molecule is COC(=O)c1[nH]c2ccc(C)cc2c1NC(=O)[C@H](C)N1C[C@@H]2C[C@H](C1)c1cccc(=O)n1C2. The van der Waals surface area contributed by atoms with Crippen molar-refractivity contribution in [1.29, 1.82) is 0 Å². The maximum Gasteiger partial charge on any atom is 0.356 e. The van der Waals surface area contributed by atoms with Crippen LogP contribution in [-0.4, -0.2) is 52.6 Å². The number of hydrogen-bond acceptors (Lipinski definition) is 5. The van der Waals surface area contributed by atoms with Crippen LogP contribution in [-0.2, 0) is 16.1 Å². The van der Waals surface area contributed by atoms with Crippen LogP contribution >= 0.6 is 0 Å². The Balaban J connectivity index is 1.40. The highest BCUT2D eigenvalue weighted by atomic mass is 16.5. The molecular weight excluding hydrogens is 420 g/mol. The summed E-state index contributed by atoms with van der Waals surface area (Å²) in [6, 6.07) is 10.8. The summed E-state index contributed by atoms with van der Waals surface area (Å²) in [5, 5.41) is 3.78. The van der Waals surface area contributed by atoms with Gasteiger partial charge in [-0.25, -0.2) is 4.79 Å². The third-order valence-corrected chi connectivity index (χ3v) is 7.03. The second kappa shape index (κ2) is 8.19. The molecule has 8 heteroatoms. The zero-order valence-electron chi connectivity index (χ0n) is 19.1. The summed E-state index contributed by atoms with van der Waals surface area (Å²) < 4.78 is 6.82. The highest BCUT2D eigenvalue weighted by Gasteiger charge is 2.37. The van der Waals surface area contributed by atoms with Crippen LogP contribution in [0.5, 0.6) is 0 Å². The Hall–Kier alpha value is -3.39. The highest BCUT2D eigenvalue weighted by molar-refractivity contribution is 6.11. The maximum absolute atomic E-state index is 13.3. The van der Waals surface area contributed by atoms with Gasteiger partial charge in [0.15, 0.2) is 0 Å². The summed E-state index contributed by atoms with van der Waals surface area (Å²) >= 11 is 0. The standard InChI is InChI=1S/C25H28N4O4/c1-14-7-8-19-18(9-14)22(23(26-19)25(32)33-3)27-24(31)15(2)28-11-16-10-17(13-28)20-5-4-6-21(30)29(20)12-16/h4-9,15-17,26H,10-13H2,1-3H3,(H,27,31)/t15-,16-,17+/m0/s1. The molecule has 1 aromatic carbocycles. The van der Waals surface area contributed by atoms with Gasteiger partial charge in [0.1, 0.15) is 5.69 Å². The van der Waals surface area contributed by atoms with Crippen molar-refractivity contribution in [2.75, 3.05) is 25.5 Å². The van der Waals surface area contributed by atoms with Crippen molar-refractivity contribution in [3.63, 3.8) is 0 Å². The highest BCUT2D eigenvalue weighted by Crippen LogP contribution is 2.36. The van der Waals surface area contributed by atoms with Gasteiger partial charge in [-0.05, 0) is 44.4 Å². The van der Waals surface area contributed by atoms with Crippen LogP contribution in [0, 0.1) is 12.8 Å². The summed E-state index contributed by atoms with van der Waals surface area (Å²) in [6.07, 6.45) is 1.03. The van der Waals surface area contributed by atoms with Crippen molar-refractivity contribution >= 4 is 28.5 Å². The van der Waals surface area contributed by atoms with E-state index in [4.69, 9.17) is 4.74 Å². The van der Waals surface area contributed by atoms with Crippen molar-refractivity contribution in [1.82, 2.24) is 14.5 Å². The molecule has 4 heterocycles. The Kier molecular flexibility index (Phi) is 5.32. The van der Waals surface area contributed by atoms with Crippen molar-refractivity contribution in [2.45, 2.75) is 38.8 Å². The largest absolute Gasteiger partial charge is 0.464 e. The number of piperidine rings is 1. The number of fused-ring (bicyclic) bond motifs is 5. The first-order chi connectivity index (χ1) is 15.9. The maximum atomic E-state index is 13.3. The van der Waals surface area contributed by atoms with Gasteiger partial charge in [0, 0.05) is 48.2 Å². The number of H-pyrrole nitrogens is 1. The van der Waals surface area contributed by atoms with E-state index in [-0.39, 0.29) is 23.1 Å². The Bertz CT molecular complexity index is 1310. The van der Waals surface area contributed by atoms with Gasteiger partial charge in [-0.1, -0.05) is 17.7 Å². The first-order valence-electron chi connectivity index (χ1n) is 11.3. The van der Waals surface area contributed by atoms with Crippen LogP contribution in [0.4, 0.5) is 5.69 Å². The molecule has 3 aromatic rings. The summed E-state index contributed by atoms with van der Waals surface area (Å²) in [5.74, 6) is -0.148. The molecular formula is C25H28N4O4. The van der Waals surface area contributed by atoms with Crippen LogP contribution in [0.3, 0.4) is 0 Å². The van der Waals surface area contributed by atoms with Gasteiger partial charge in [-0.15, -0.1) is 0 Å². The summed E-state index contributed by atoms with van der Waals surface area (Å²) in [4.78, 5) is 43.3. The molecule has 1 saturated heterocycles. The molecule has 5 rings (SSSR count). The van der Waals surface area contributed by atoms with Crippen molar-refractivity contribution < 1.29 is 14.3 Å². The van der Waals surface area contributed by atoms with E-state index in [1.807, 2.05) is 48.7 Å². The lowest BCUT2D eigenvalue weighted by Crippen LogP contribution is -2.52. The normalized spacial score (nSPS) is 20.8. The Labute approximate surface area is 191 Å². The number of ether oxygens (including phenoxy) is 1. The van der Waals surface area contributed by atoms with E-state index in [9.17, 15) is 14.4 Å². The lowest BCUT2D eigenvalue weighted by Gasteiger charge is -2.44. The number of carbonyl (C=O) groups excluding carboxylic acids is 2. The molecule has 2 N–H and O–H groups in total. The molecule has 0 saturated carbocycles. The molecule has 2 aliphatic heterocycles. The van der Waals surface area contributed by atoms with Gasteiger partial charge in [-0.3, -0.25) is 14.5 Å². The van der Waals surface area contributed by atoms with Gasteiger partial charge < -0.3 is 19.6 Å². The molecule has 0 aliphatic carbocycles. The van der Waals surface area contributed by atoms with Crippen LogP contribution < -0.4 is 10.9 Å². The molecule has 1 fully saturated rings. The fourth-order valence-electron chi connectivity index (χ4n) is 5.33. The van der Waals surface area contributed by atoms with E-state index in [1.165, 1.54) is 7.11 Å². The van der Waals surface area contributed by atoms with E-state index < -0.39 is 12.0 Å². The number of nitrogens with zero attached hydrogens (tertiary/aromatic N) is 2. The van der Waals surface area contributed by atoms with Crippen molar-refractivity contribution in [3.8, 4) is 0 Å². The number of esters is 1. The van der Waals surface area contributed by atoms with Crippen LogP contribution in [0.1, 0.15) is 41.0 Å². The summed E-state index contributed by atoms with van der Waals surface area (Å²) in [7, 11) is 1.32. The van der Waals surface area contributed by atoms with E-state index in [1.54, 1.807) is 6.07 Å². The molecule has 0 radical (unpaired) electrons. The van der Waals surface area contributed by atoms with E-state index in [0.717, 1.165) is 35.1 Å². The number of methoxy groups -OCH3 is 1. The molecule has 2 aliphatic rings. The second-order valence-corrected chi connectivity index (χ2v) is 9.23. The van der Waals surface area contributed by atoms with E-state index >= 15 is 0 Å². The zero-order chi connectivity index (χ0) is 23.3. The number of aromatic amines is 1. The van der Waals surface area contributed by atoms with Crippen molar-refractivity contribution in [3.05, 3.63) is 63.7 Å². The Morgan fingerprint density at radius 1 is 1.18 bits per heavy atom. The van der Waals surface area contributed by atoms with E-state index in [0.29, 0.717) is 24.7 Å². The fourth-order valence-corrected chi connectivity index (χ4v) is 5.33. The lowest BCUT2D eigenvalue weighted by molar-refractivity contribution is -0.121. The Morgan fingerprint density at radius 3 is 2.79 bits per heavy atom. The molecule has 8 nitrogen and oxygen atoms in total. The van der Waals surface area contributed by atoms with Gasteiger partial charge in [-0.2, -0.15) is 0 Å². The number of anilines is 1. The van der Waals surface area contributed by atoms with Gasteiger partial charge in [0.2, 0.25) is 5.91 Å². The zero-order valence-corrected chi connectivity index (χ0v) is 19.1. The third-order valence-electron chi connectivity index (χ3n) is 7.03. The fraction of sp³-hybridized carbons (Fsp3) is 0.400. The van der Waals surface area contributed by atoms with Gasteiger partial charge in [0.25, 0.3) is 5.56 Å². The average molecular weight is 449 g/mol.